The van der Waals surface area contributed by atoms with Gasteiger partial charge in [0.05, 0.1) is 12.2 Å². The van der Waals surface area contributed by atoms with Crippen LogP contribution in [0.25, 0.3) is 0 Å². The lowest BCUT2D eigenvalue weighted by molar-refractivity contribution is 0.616. The lowest BCUT2D eigenvalue weighted by Gasteiger charge is -2.16. The summed E-state index contributed by atoms with van der Waals surface area (Å²) >= 11 is 0. The maximum Gasteiger partial charge on any atom is 0.141 e. The molecular formula is C14H15FN2. The highest BCUT2D eigenvalue weighted by atomic mass is 19.1. The fourth-order valence-corrected chi connectivity index (χ4v) is 1.89. The SMILES string of the molecule is Cc1cccc(C(N)c2cncc(F)c2)c1C. The fraction of sp³-hybridized carbons (Fsp3) is 0.214. The van der Waals surface area contributed by atoms with E-state index in [2.05, 4.69) is 4.98 Å². The van der Waals surface area contributed by atoms with E-state index in [9.17, 15) is 4.39 Å². The second-order valence-electron chi connectivity index (χ2n) is 4.20. The molecule has 2 rings (SSSR count). The molecule has 3 heteroatoms. The van der Waals surface area contributed by atoms with Gasteiger partial charge in [-0.3, -0.25) is 4.98 Å². The van der Waals surface area contributed by atoms with Crippen LogP contribution in [0.5, 0.6) is 0 Å². The average molecular weight is 230 g/mol. The Hall–Kier alpha value is -1.74. The second kappa shape index (κ2) is 4.63. The van der Waals surface area contributed by atoms with Gasteiger partial charge < -0.3 is 5.73 Å². The summed E-state index contributed by atoms with van der Waals surface area (Å²) in [5.41, 5.74) is 10.2. The normalized spacial score (nSPS) is 12.5. The van der Waals surface area contributed by atoms with E-state index in [-0.39, 0.29) is 11.9 Å². The second-order valence-corrected chi connectivity index (χ2v) is 4.20. The zero-order chi connectivity index (χ0) is 12.4. The molecule has 0 aliphatic carbocycles. The van der Waals surface area contributed by atoms with E-state index in [0.717, 1.165) is 11.1 Å². The molecule has 0 amide bonds. The number of hydrogen-bond donors (Lipinski definition) is 1. The number of halogens is 1. The highest BCUT2D eigenvalue weighted by molar-refractivity contribution is 5.39. The fourth-order valence-electron chi connectivity index (χ4n) is 1.89. The molecule has 0 radical (unpaired) electrons. The molecule has 2 aromatic rings. The molecule has 2 nitrogen and oxygen atoms in total. The third-order valence-electron chi connectivity index (χ3n) is 3.07. The molecule has 1 atom stereocenters. The van der Waals surface area contributed by atoms with Gasteiger partial charge >= 0.3 is 0 Å². The molecule has 1 aromatic carbocycles. The van der Waals surface area contributed by atoms with Gasteiger partial charge in [-0.1, -0.05) is 18.2 Å². The average Bonchev–Trinajstić information content (AvgIpc) is 2.32. The van der Waals surface area contributed by atoms with Crippen molar-refractivity contribution >= 4 is 0 Å². The Balaban J connectivity index is 2.44. The molecule has 0 saturated carbocycles. The quantitative estimate of drug-likeness (QED) is 0.861. The summed E-state index contributed by atoms with van der Waals surface area (Å²) in [4.78, 5) is 3.83. The van der Waals surface area contributed by atoms with Crippen LogP contribution in [0.1, 0.15) is 28.3 Å². The van der Waals surface area contributed by atoms with Gasteiger partial charge in [-0.05, 0) is 42.2 Å². The van der Waals surface area contributed by atoms with Crippen LogP contribution in [0.4, 0.5) is 4.39 Å². The number of nitrogens with two attached hydrogens (primary N) is 1. The zero-order valence-electron chi connectivity index (χ0n) is 9.94. The van der Waals surface area contributed by atoms with E-state index in [1.165, 1.54) is 17.8 Å². The molecule has 1 aromatic heterocycles. The van der Waals surface area contributed by atoms with Crippen LogP contribution in [0, 0.1) is 19.7 Å². The van der Waals surface area contributed by atoms with Gasteiger partial charge in [-0.15, -0.1) is 0 Å². The van der Waals surface area contributed by atoms with E-state index in [4.69, 9.17) is 5.73 Å². The standard InChI is InChI=1S/C14H15FN2/c1-9-4-3-5-13(10(9)2)14(16)11-6-12(15)8-17-7-11/h3-8,14H,16H2,1-2H3. The topological polar surface area (TPSA) is 38.9 Å². The summed E-state index contributed by atoms with van der Waals surface area (Å²) in [7, 11) is 0. The minimum atomic E-state index is -0.358. The van der Waals surface area contributed by atoms with Gasteiger partial charge in [-0.25, -0.2) is 4.39 Å². The van der Waals surface area contributed by atoms with E-state index in [1.54, 1.807) is 6.20 Å². The van der Waals surface area contributed by atoms with Crippen molar-refractivity contribution in [2.24, 2.45) is 5.73 Å². The Labute approximate surface area is 100 Å². The molecule has 0 spiro atoms. The van der Waals surface area contributed by atoms with Crippen LogP contribution in [-0.4, -0.2) is 4.98 Å². The highest BCUT2D eigenvalue weighted by Gasteiger charge is 2.13. The monoisotopic (exact) mass is 230 g/mol. The van der Waals surface area contributed by atoms with Gasteiger partial charge in [0.2, 0.25) is 0 Å². The molecule has 0 aliphatic heterocycles. The van der Waals surface area contributed by atoms with Crippen LogP contribution < -0.4 is 5.73 Å². The van der Waals surface area contributed by atoms with E-state index < -0.39 is 0 Å². The Morgan fingerprint density at radius 1 is 1.24 bits per heavy atom. The Morgan fingerprint density at radius 2 is 2.00 bits per heavy atom. The van der Waals surface area contributed by atoms with Crippen LogP contribution in [-0.2, 0) is 0 Å². The summed E-state index contributed by atoms with van der Waals surface area (Å²) in [6.07, 6.45) is 2.79. The molecule has 17 heavy (non-hydrogen) atoms. The number of hydrogen-bond acceptors (Lipinski definition) is 2. The maximum absolute atomic E-state index is 13.1. The van der Waals surface area contributed by atoms with Gasteiger partial charge in [0.1, 0.15) is 5.82 Å². The van der Waals surface area contributed by atoms with E-state index >= 15 is 0 Å². The minimum absolute atomic E-state index is 0.335. The summed E-state index contributed by atoms with van der Waals surface area (Å²) in [5.74, 6) is -0.358. The van der Waals surface area contributed by atoms with Crippen molar-refractivity contribution in [2.45, 2.75) is 19.9 Å². The van der Waals surface area contributed by atoms with Crippen molar-refractivity contribution < 1.29 is 4.39 Å². The Kier molecular flexibility index (Phi) is 3.20. The molecule has 2 N–H and O–H groups in total. The predicted molar refractivity (Wildman–Crippen MR) is 66.1 cm³/mol. The molecule has 1 heterocycles. The van der Waals surface area contributed by atoms with E-state index in [1.807, 2.05) is 32.0 Å². The first-order chi connectivity index (χ1) is 8.09. The van der Waals surface area contributed by atoms with Crippen LogP contribution >= 0.6 is 0 Å². The summed E-state index contributed by atoms with van der Waals surface area (Å²) in [5, 5.41) is 0. The lowest BCUT2D eigenvalue weighted by atomic mass is 9.94. The number of aromatic nitrogens is 1. The molecule has 0 aliphatic rings. The van der Waals surface area contributed by atoms with Crippen LogP contribution in [0.3, 0.4) is 0 Å². The largest absolute Gasteiger partial charge is 0.320 e. The Morgan fingerprint density at radius 3 is 2.71 bits per heavy atom. The van der Waals surface area contributed by atoms with Crippen molar-refractivity contribution in [2.75, 3.05) is 0 Å². The molecule has 88 valence electrons. The van der Waals surface area contributed by atoms with Crippen molar-refractivity contribution in [1.82, 2.24) is 4.98 Å². The van der Waals surface area contributed by atoms with Crippen LogP contribution in [0.2, 0.25) is 0 Å². The number of aryl methyl sites for hydroxylation is 1. The first-order valence-corrected chi connectivity index (χ1v) is 5.51. The third kappa shape index (κ3) is 2.34. The van der Waals surface area contributed by atoms with Gasteiger partial charge in [0.25, 0.3) is 0 Å². The van der Waals surface area contributed by atoms with Gasteiger partial charge in [0.15, 0.2) is 0 Å². The number of rotatable bonds is 2. The minimum Gasteiger partial charge on any atom is -0.320 e. The van der Waals surface area contributed by atoms with Crippen molar-refractivity contribution in [3.05, 3.63) is 64.7 Å². The molecule has 0 fully saturated rings. The number of pyridine rings is 1. The first-order valence-electron chi connectivity index (χ1n) is 5.51. The van der Waals surface area contributed by atoms with Crippen molar-refractivity contribution in [1.29, 1.82) is 0 Å². The maximum atomic E-state index is 13.1. The van der Waals surface area contributed by atoms with Crippen LogP contribution in [0.15, 0.2) is 36.7 Å². The predicted octanol–water partition coefficient (Wildman–Crippen LogP) is 2.89. The highest BCUT2D eigenvalue weighted by Crippen LogP contribution is 2.24. The summed E-state index contributed by atoms with van der Waals surface area (Å²) in [6, 6.07) is 7.06. The van der Waals surface area contributed by atoms with E-state index in [0.29, 0.717) is 5.56 Å². The number of benzene rings is 1. The Bertz CT molecular complexity index is 537. The van der Waals surface area contributed by atoms with Crippen molar-refractivity contribution in [3.63, 3.8) is 0 Å². The lowest BCUT2D eigenvalue weighted by Crippen LogP contribution is -2.14. The molecule has 0 saturated heterocycles. The zero-order valence-corrected chi connectivity index (χ0v) is 9.94. The smallest absolute Gasteiger partial charge is 0.141 e. The third-order valence-corrected chi connectivity index (χ3v) is 3.07. The number of nitrogens with zero attached hydrogens (tertiary/aromatic N) is 1. The van der Waals surface area contributed by atoms with Gasteiger partial charge in [-0.2, -0.15) is 0 Å². The summed E-state index contributed by atoms with van der Waals surface area (Å²) < 4.78 is 13.1. The summed E-state index contributed by atoms with van der Waals surface area (Å²) in [6.45, 7) is 4.06. The van der Waals surface area contributed by atoms with Crippen molar-refractivity contribution in [3.8, 4) is 0 Å². The van der Waals surface area contributed by atoms with Gasteiger partial charge in [0, 0.05) is 6.20 Å². The molecule has 0 bridgehead atoms. The molecule has 1 unspecified atom stereocenters. The first kappa shape index (κ1) is 11.7. The molecular weight excluding hydrogens is 215 g/mol.